The van der Waals surface area contributed by atoms with Crippen molar-refractivity contribution in [3.05, 3.63) is 63.1 Å². The average molecular weight is 476 g/mol. The molecule has 4 rings (SSSR count). The molecule has 2 aromatic rings. The van der Waals surface area contributed by atoms with Gasteiger partial charge in [-0.3, -0.25) is 9.59 Å². The van der Waals surface area contributed by atoms with E-state index in [1.807, 2.05) is 0 Å². The van der Waals surface area contributed by atoms with E-state index in [4.69, 9.17) is 14.2 Å². The van der Waals surface area contributed by atoms with Crippen LogP contribution in [-0.4, -0.2) is 60.9 Å². The smallest absolute Gasteiger partial charge is 0.343 e. The van der Waals surface area contributed by atoms with Crippen molar-refractivity contribution in [2.24, 2.45) is 0 Å². The number of nitrogens with zero attached hydrogens (tertiary/aromatic N) is 2. The zero-order valence-electron chi connectivity index (χ0n) is 18.9. The molecule has 0 spiro atoms. The average Bonchev–Trinajstić information content (AvgIpc) is 3.08. The maximum absolute atomic E-state index is 14.2. The first-order chi connectivity index (χ1) is 16.4. The Morgan fingerprint density at radius 3 is 2.74 bits per heavy atom. The summed E-state index contributed by atoms with van der Waals surface area (Å²) in [4.78, 5) is 39.8. The fourth-order valence-corrected chi connectivity index (χ4v) is 4.35. The van der Waals surface area contributed by atoms with Crippen LogP contribution < -0.4 is 10.3 Å². The monoisotopic (exact) mass is 476 g/mol. The van der Waals surface area contributed by atoms with Gasteiger partial charge in [-0.15, -0.1) is 0 Å². The molecule has 0 saturated carbocycles. The quantitative estimate of drug-likeness (QED) is 0.617. The van der Waals surface area contributed by atoms with Gasteiger partial charge in [0.2, 0.25) is 0 Å². The number of aromatic nitrogens is 1. The summed E-state index contributed by atoms with van der Waals surface area (Å²) >= 11 is 0. The van der Waals surface area contributed by atoms with E-state index in [1.54, 1.807) is 0 Å². The summed E-state index contributed by atoms with van der Waals surface area (Å²) in [6, 6.07) is 4.65. The molecule has 182 valence electrons. The molecule has 8 nitrogen and oxygen atoms in total. The number of pyridine rings is 1. The number of benzene rings is 1. The number of fused-ring (bicyclic) bond motifs is 1. The normalized spacial score (nSPS) is 18.1. The van der Waals surface area contributed by atoms with Crippen LogP contribution in [0.5, 0.6) is 5.75 Å². The molecule has 0 N–H and O–H groups in total. The van der Waals surface area contributed by atoms with Gasteiger partial charge in [0.15, 0.2) is 11.6 Å². The van der Waals surface area contributed by atoms with Crippen LogP contribution in [0.2, 0.25) is 0 Å². The molecule has 0 radical (unpaired) electrons. The van der Waals surface area contributed by atoms with Crippen LogP contribution in [0.4, 0.5) is 8.78 Å². The maximum Gasteiger partial charge on any atom is 0.343 e. The van der Waals surface area contributed by atoms with Gasteiger partial charge >= 0.3 is 5.97 Å². The molecular formula is C24H26F2N2O6. The molecule has 1 aromatic carbocycles. The second-order valence-electron chi connectivity index (χ2n) is 8.25. The lowest BCUT2D eigenvalue weighted by Crippen LogP contribution is -2.35. The minimum atomic E-state index is -1.22. The van der Waals surface area contributed by atoms with E-state index in [-0.39, 0.29) is 55.6 Å². The van der Waals surface area contributed by atoms with Crippen LogP contribution in [0.3, 0.4) is 0 Å². The van der Waals surface area contributed by atoms with Gasteiger partial charge in [-0.2, -0.15) is 0 Å². The van der Waals surface area contributed by atoms with E-state index in [1.165, 1.54) is 34.8 Å². The molecule has 2 aliphatic heterocycles. The third-order valence-electron chi connectivity index (χ3n) is 6.15. The van der Waals surface area contributed by atoms with Gasteiger partial charge in [0.05, 0.1) is 18.8 Å². The van der Waals surface area contributed by atoms with Gasteiger partial charge in [-0.05, 0) is 31.4 Å². The SMILES string of the molecule is COC(=O)c1c(OC[C@@H]2CCCCO2)cc(=O)n2c1CCN(C(=O)c1cccc(F)c1F)CC2. The number of hydrogen-bond acceptors (Lipinski definition) is 6. The van der Waals surface area contributed by atoms with Crippen LogP contribution in [0.15, 0.2) is 29.1 Å². The lowest BCUT2D eigenvalue weighted by molar-refractivity contribution is -0.0114. The van der Waals surface area contributed by atoms with E-state index in [0.29, 0.717) is 12.3 Å². The van der Waals surface area contributed by atoms with Crippen LogP contribution in [0.1, 0.15) is 45.7 Å². The van der Waals surface area contributed by atoms with Crippen molar-refractivity contribution in [3.63, 3.8) is 0 Å². The summed E-state index contributed by atoms with van der Waals surface area (Å²) in [5.41, 5.74) is -0.297. The van der Waals surface area contributed by atoms with Gasteiger partial charge in [-0.25, -0.2) is 13.6 Å². The minimum Gasteiger partial charge on any atom is -0.490 e. The fourth-order valence-electron chi connectivity index (χ4n) is 4.35. The Kier molecular flexibility index (Phi) is 7.26. The van der Waals surface area contributed by atoms with Gasteiger partial charge in [0, 0.05) is 44.4 Å². The first kappa shape index (κ1) is 23.9. The zero-order valence-corrected chi connectivity index (χ0v) is 18.9. The number of carbonyl (C=O) groups excluding carboxylic acids is 2. The molecule has 3 heterocycles. The Morgan fingerprint density at radius 1 is 1.18 bits per heavy atom. The van der Waals surface area contributed by atoms with E-state index >= 15 is 0 Å². The maximum atomic E-state index is 14.2. The number of methoxy groups -OCH3 is 1. The van der Waals surface area contributed by atoms with Gasteiger partial charge in [0.1, 0.15) is 17.9 Å². The summed E-state index contributed by atoms with van der Waals surface area (Å²) in [5, 5.41) is 0. The highest BCUT2D eigenvalue weighted by Gasteiger charge is 2.29. The fraction of sp³-hybridized carbons (Fsp3) is 0.458. The molecule has 1 amide bonds. The molecule has 34 heavy (non-hydrogen) atoms. The van der Waals surface area contributed by atoms with Gasteiger partial charge in [0.25, 0.3) is 11.5 Å². The number of rotatable bonds is 5. The van der Waals surface area contributed by atoms with Crippen LogP contribution >= 0.6 is 0 Å². The van der Waals surface area contributed by atoms with Crippen molar-refractivity contribution >= 4 is 11.9 Å². The van der Waals surface area contributed by atoms with Crippen molar-refractivity contribution in [2.75, 3.05) is 33.4 Å². The second-order valence-corrected chi connectivity index (χ2v) is 8.25. The Morgan fingerprint density at radius 2 is 2.00 bits per heavy atom. The number of esters is 1. The highest BCUT2D eigenvalue weighted by atomic mass is 19.2. The molecule has 0 aliphatic carbocycles. The van der Waals surface area contributed by atoms with Gasteiger partial charge in [-0.1, -0.05) is 6.07 Å². The summed E-state index contributed by atoms with van der Waals surface area (Å²) in [7, 11) is 1.23. The van der Waals surface area contributed by atoms with Crippen LogP contribution in [0.25, 0.3) is 0 Å². The highest BCUT2D eigenvalue weighted by molar-refractivity contribution is 5.95. The number of halogens is 2. The molecule has 2 aliphatic rings. The lowest BCUT2D eigenvalue weighted by Gasteiger charge is -2.24. The topological polar surface area (TPSA) is 87.1 Å². The van der Waals surface area contributed by atoms with E-state index < -0.39 is 29.1 Å². The molecule has 1 saturated heterocycles. The first-order valence-electron chi connectivity index (χ1n) is 11.2. The van der Waals surface area contributed by atoms with E-state index in [9.17, 15) is 23.2 Å². The molecule has 10 heteroatoms. The summed E-state index contributed by atoms with van der Waals surface area (Å²) in [5.74, 6) is -3.59. The van der Waals surface area contributed by atoms with Crippen molar-refractivity contribution in [1.82, 2.24) is 9.47 Å². The Bertz CT molecular complexity index is 1140. The molecule has 1 atom stereocenters. The van der Waals surface area contributed by atoms with Gasteiger partial charge < -0.3 is 23.7 Å². The number of amides is 1. The molecular weight excluding hydrogens is 450 g/mol. The van der Waals surface area contributed by atoms with Crippen molar-refractivity contribution in [1.29, 1.82) is 0 Å². The predicted molar refractivity (Wildman–Crippen MR) is 117 cm³/mol. The Labute approximate surface area is 195 Å². The largest absolute Gasteiger partial charge is 0.490 e. The minimum absolute atomic E-state index is 0.0762. The zero-order chi connectivity index (χ0) is 24.2. The predicted octanol–water partition coefficient (Wildman–Crippen LogP) is 2.56. The number of carbonyl (C=O) groups is 2. The van der Waals surface area contributed by atoms with Crippen LogP contribution in [-0.2, 0) is 22.4 Å². The van der Waals surface area contributed by atoms with E-state index in [2.05, 4.69) is 0 Å². The third-order valence-corrected chi connectivity index (χ3v) is 6.15. The van der Waals surface area contributed by atoms with Crippen molar-refractivity contribution in [3.8, 4) is 5.75 Å². The lowest BCUT2D eigenvalue weighted by atomic mass is 10.1. The third kappa shape index (κ3) is 4.82. The van der Waals surface area contributed by atoms with E-state index in [0.717, 1.165) is 25.3 Å². The Balaban J connectivity index is 1.61. The first-order valence-corrected chi connectivity index (χ1v) is 11.2. The van der Waals surface area contributed by atoms with Crippen molar-refractivity contribution < 1.29 is 32.6 Å². The molecule has 0 bridgehead atoms. The summed E-state index contributed by atoms with van der Waals surface area (Å²) in [6.45, 7) is 1.08. The molecule has 0 unspecified atom stereocenters. The highest BCUT2D eigenvalue weighted by Crippen LogP contribution is 2.26. The van der Waals surface area contributed by atoms with Crippen LogP contribution in [0, 0.1) is 11.6 Å². The number of ether oxygens (including phenoxy) is 3. The van der Waals surface area contributed by atoms with Crippen molar-refractivity contribution in [2.45, 2.75) is 38.3 Å². The molecule has 1 aromatic heterocycles. The molecule has 1 fully saturated rings. The second kappa shape index (κ2) is 10.3. The number of hydrogen-bond donors (Lipinski definition) is 0. The summed E-state index contributed by atoms with van der Waals surface area (Å²) in [6.07, 6.45) is 2.82. The summed E-state index contributed by atoms with van der Waals surface area (Å²) < 4.78 is 45.7. The standard InChI is InChI=1S/C24H26F2N2O6/c1-32-24(31)21-18-8-9-27(23(30)16-6-4-7-17(25)22(16)26)10-11-28(18)20(29)13-19(21)34-14-15-5-2-3-12-33-15/h4,6-7,13,15H,2-3,5,8-12,14H2,1H3/t15-/m0/s1. The Hall–Kier alpha value is -3.27.